The van der Waals surface area contributed by atoms with E-state index in [4.69, 9.17) is 14.2 Å². The van der Waals surface area contributed by atoms with Gasteiger partial charge in [0.25, 0.3) is 5.91 Å². The van der Waals surface area contributed by atoms with Gasteiger partial charge in [-0.05, 0) is 50.1 Å². The van der Waals surface area contributed by atoms with Crippen molar-refractivity contribution in [1.82, 2.24) is 4.90 Å². The second-order valence-electron chi connectivity index (χ2n) is 8.76. The second-order valence-corrected chi connectivity index (χ2v) is 8.76. The number of ether oxygens (including phenoxy) is 3. The van der Waals surface area contributed by atoms with E-state index in [0.717, 1.165) is 11.1 Å². The number of amides is 1. The molecule has 1 N–H and O–H groups in total. The molecular formula is C24H29NO5. The number of hydrogen-bond donors (Lipinski definition) is 1. The van der Waals surface area contributed by atoms with Gasteiger partial charge in [-0.1, -0.05) is 30.3 Å². The average molecular weight is 411 g/mol. The molecule has 2 atom stereocenters. The minimum Gasteiger partial charge on any atom is -0.490 e. The monoisotopic (exact) mass is 411 g/mol. The molecule has 0 unspecified atom stereocenters. The van der Waals surface area contributed by atoms with Crippen LogP contribution in [0, 0.1) is 6.92 Å². The van der Waals surface area contributed by atoms with Crippen LogP contribution in [0.5, 0.6) is 5.75 Å². The van der Waals surface area contributed by atoms with E-state index in [-0.39, 0.29) is 25.4 Å². The van der Waals surface area contributed by atoms with Crippen molar-refractivity contribution in [2.75, 3.05) is 26.5 Å². The fraction of sp³-hybridized carbons (Fsp3) is 0.458. The maximum absolute atomic E-state index is 13.2. The SMILES string of the molecule is Cc1cc(C(=O)N2CC[C@@]3(c4ccccc4)OCO[C@H]3C2)ccc1OCC(C)(C)O. The van der Waals surface area contributed by atoms with Gasteiger partial charge in [-0.25, -0.2) is 0 Å². The van der Waals surface area contributed by atoms with Gasteiger partial charge in [0, 0.05) is 18.5 Å². The van der Waals surface area contributed by atoms with Gasteiger partial charge in [-0.2, -0.15) is 0 Å². The van der Waals surface area contributed by atoms with Crippen molar-refractivity contribution in [3.8, 4) is 5.75 Å². The first kappa shape index (κ1) is 20.8. The molecule has 2 fully saturated rings. The first-order chi connectivity index (χ1) is 14.3. The highest BCUT2D eigenvalue weighted by molar-refractivity contribution is 5.94. The van der Waals surface area contributed by atoms with Crippen LogP contribution >= 0.6 is 0 Å². The van der Waals surface area contributed by atoms with Crippen LogP contribution < -0.4 is 4.74 Å². The first-order valence-electron chi connectivity index (χ1n) is 10.3. The number of piperidine rings is 1. The van der Waals surface area contributed by atoms with E-state index >= 15 is 0 Å². The molecule has 30 heavy (non-hydrogen) atoms. The topological polar surface area (TPSA) is 68.2 Å². The molecule has 0 bridgehead atoms. The molecule has 6 heteroatoms. The third-order valence-electron chi connectivity index (χ3n) is 5.80. The number of fused-ring (bicyclic) bond motifs is 1. The molecule has 2 saturated heterocycles. The van der Waals surface area contributed by atoms with Gasteiger partial charge in [0.05, 0.1) is 12.1 Å². The Bertz CT molecular complexity index is 908. The van der Waals surface area contributed by atoms with Crippen molar-refractivity contribution in [3.63, 3.8) is 0 Å². The molecular weight excluding hydrogens is 382 g/mol. The highest BCUT2D eigenvalue weighted by Gasteiger charge is 2.51. The molecule has 2 aromatic rings. The van der Waals surface area contributed by atoms with Gasteiger partial charge < -0.3 is 24.2 Å². The molecule has 2 aliphatic heterocycles. The summed E-state index contributed by atoms with van der Waals surface area (Å²) in [6.07, 6.45) is 0.507. The third kappa shape index (κ3) is 4.08. The zero-order valence-corrected chi connectivity index (χ0v) is 17.8. The molecule has 2 aliphatic rings. The van der Waals surface area contributed by atoms with E-state index in [1.165, 1.54) is 0 Å². The van der Waals surface area contributed by atoms with Gasteiger partial charge in [0.2, 0.25) is 0 Å². The van der Waals surface area contributed by atoms with Crippen LogP contribution in [0.1, 0.15) is 41.8 Å². The highest BCUT2D eigenvalue weighted by Crippen LogP contribution is 2.42. The van der Waals surface area contributed by atoms with Crippen LogP contribution in [-0.4, -0.2) is 54.1 Å². The molecule has 0 radical (unpaired) electrons. The maximum Gasteiger partial charge on any atom is 0.253 e. The van der Waals surface area contributed by atoms with E-state index in [2.05, 4.69) is 12.1 Å². The molecule has 2 aromatic carbocycles. The quantitative estimate of drug-likeness (QED) is 0.818. The number of carbonyl (C=O) groups is 1. The van der Waals surface area contributed by atoms with Gasteiger partial charge in [-0.3, -0.25) is 4.79 Å². The number of hydrogen-bond acceptors (Lipinski definition) is 5. The Morgan fingerprint density at radius 1 is 1.27 bits per heavy atom. The van der Waals surface area contributed by atoms with Crippen molar-refractivity contribution < 1.29 is 24.1 Å². The van der Waals surface area contributed by atoms with Gasteiger partial charge in [-0.15, -0.1) is 0 Å². The Kier molecular flexibility index (Phi) is 5.57. The maximum atomic E-state index is 13.2. The lowest BCUT2D eigenvalue weighted by Crippen LogP contribution is -2.53. The van der Waals surface area contributed by atoms with Crippen LogP contribution in [0.3, 0.4) is 0 Å². The molecule has 2 heterocycles. The number of rotatable bonds is 5. The Balaban J connectivity index is 1.47. The molecule has 0 spiro atoms. The summed E-state index contributed by atoms with van der Waals surface area (Å²) in [5, 5.41) is 9.85. The Hall–Kier alpha value is -2.41. The van der Waals surface area contributed by atoms with Crippen molar-refractivity contribution in [2.45, 2.75) is 44.5 Å². The standard InChI is InChI=1S/C24H29NO5/c1-17-13-18(9-10-20(17)28-15-23(2,3)27)22(26)25-12-11-24(19-7-5-4-6-8-19)21(14-25)29-16-30-24/h4-10,13,21,27H,11-12,14-16H2,1-3H3/t21-,24-/m0/s1. The van der Waals surface area contributed by atoms with Crippen molar-refractivity contribution >= 4 is 5.91 Å². The summed E-state index contributed by atoms with van der Waals surface area (Å²) in [6.45, 7) is 6.82. The summed E-state index contributed by atoms with van der Waals surface area (Å²) in [6, 6.07) is 15.5. The normalized spacial score (nSPS) is 23.9. The minimum absolute atomic E-state index is 0.0238. The van der Waals surface area contributed by atoms with E-state index in [0.29, 0.717) is 30.8 Å². The first-order valence-corrected chi connectivity index (χ1v) is 10.3. The molecule has 0 aromatic heterocycles. The number of aryl methyl sites for hydroxylation is 1. The fourth-order valence-electron chi connectivity index (χ4n) is 4.17. The van der Waals surface area contributed by atoms with Crippen LogP contribution in [-0.2, 0) is 15.1 Å². The van der Waals surface area contributed by atoms with E-state index in [1.54, 1.807) is 26.0 Å². The number of benzene rings is 2. The van der Waals surface area contributed by atoms with Crippen LogP contribution in [0.25, 0.3) is 0 Å². The number of aliphatic hydroxyl groups is 1. The predicted octanol–water partition coefficient (Wildman–Crippen LogP) is 3.26. The lowest BCUT2D eigenvalue weighted by Gasteiger charge is -2.42. The smallest absolute Gasteiger partial charge is 0.253 e. The molecule has 6 nitrogen and oxygen atoms in total. The van der Waals surface area contributed by atoms with Gasteiger partial charge in [0.15, 0.2) is 0 Å². The van der Waals surface area contributed by atoms with E-state index in [1.807, 2.05) is 36.1 Å². The van der Waals surface area contributed by atoms with Crippen molar-refractivity contribution in [1.29, 1.82) is 0 Å². The van der Waals surface area contributed by atoms with Crippen LogP contribution in [0.2, 0.25) is 0 Å². The summed E-state index contributed by atoms with van der Waals surface area (Å²) >= 11 is 0. The molecule has 0 saturated carbocycles. The summed E-state index contributed by atoms with van der Waals surface area (Å²) in [5.74, 6) is 0.646. The van der Waals surface area contributed by atoms with Crippen LogP contribution in [0.15, 0.2) is 48.5 Å². The number of carbonyl (C=O) groups excluding carboxylic acids is 1. The molecule has 0 aliphatic carbocycles. The van der Waals surface area contributed by atoms with Gasteiger partial charge in [0.1, 0.15) is 30.9 Å². The summed E-state index contributed by atoms with van der Waals surface area (Å²) in [4.78, 5) is 15.0. The summed E-state index contributed by atoms with van der Waals surface area (Å²) < 4.78 is 17.6. The average Bonchev–Trinajstić information content (AvgIpc) is 3.16. The molecule has 160 valence electrons. The zero-order chi connectivity index (χ0) is 21.4. The molecule has 1 amide bonds. The summed E-state index contributed by atoms with van der Waals surface area (Å²) in [7, 11) is 0. The number of nitrogens with zero attached hydrogens (tertiary/aromatic N) is 1. The highest BCUT2D eigenvalue weighted by atomic mass is 16.7. The lowest BCUT2D eigenvalue weighted by molar-refractivity contribution is -0.0439. The van der Waals surface area contributed by atoms with Crippen LogP contribution in [0.4, 0.5) is 0 Å². The Morgan fingerprint density at radius 2 is 2.03 bits per heavy atom. The van der Waals surface area contributed by atoms with Gasteiger partial charge >= 0.3 is 0 Å². The molecule has 4 rings (SSSR count). The van der Waals surface area contributed by atoms with E-state index < -0.39 is 11.2 Å². The predicted molar refractivity (Wildman–Crippen MR) is 112 cm³/mol. The summed E-state index contributed by atoms with van der Waals surface area (Å²) in [5.41, 5.74) is 1.19. The minimum atomic E-state index is -0.913. The largest absolute Gasteiger partial charge is 0.490 e. The van der Waals surface area contributed by atoms with Crippen molar-refractivity contribution in [3.05, 3.63) is 65.2 Å². The second kappa shape index (κ2) is 8.02. The fourth-order valence-corrected chi connectivity index (χ4v) is 4.17. The number of likely N-dealkylation sites (tertiary alicyclic amines) is 1. The van der Waals surface area contributed by atoms with E-state index in [9.17, 15) is 9.90 Å². The lowest BCUT2D eigenvalue weighted by atomic mass is 9.82. The van der Waals surface area contributed by atoms with Crippen molar-refractivity contribution in [2.24, 2.45) is 0 Å². The Morgan fingerprint density at radius 3 is 2.73 bits per heavy atom. The Labute approximate surface area is 177 Å². The zero-order valence-electron chi connectivity index (χ0n) is 17.8. The third-order valence-corrected chi connectivity index (χ3v) is 5.80.